The predicted molar refractivity (Wildman–Crippen MR) is 75.6 cm³/mol. The molecular formula is C14H19N5. The van der Waals surface area contributed by atoms with E-state index in [2.05, 4.69) is 26.8 Å². The third-order valence-corrected chi connectivity index (χ3v) is 2.89. The van der Waals surface area contributed by atoms with Crippen LogP contribution in [0.1, 0.15) is 24.0 Å². The van der Waals surface area contributed by atoms with Gasteiger partial charge in [0, 0.05) is 25.0 Å². The van der Waals surface area contributed by atoms with E-state index in [1.54, 1.807) is 12.4 Å². The zero-order valence-corrected chi connectivity index (χ0v) is 11.4. The number of pyridine rings is 1. The summed E-state index contributed by atoms with van der Waals surface area (Å²) in [5, 5.41) is 0. The van der Waals surface area contributed by atoms with Crippen LogP contribution in [-0.2, 0) is 13.1 Å². The summed E-state index contributed by atoms with van der Waals surface area (Å²) in [6.45, 7) is 6.06. The molecule has 0 bridgehead atoms. The van der Waals surface area contributed by atoms with Crippen LogP contribution >= 0.6 is 0 Å². The zero-order valence-electron chi connectivity index (χ0n) is 11.4. The van der Waals surface area contributed by atoms with E-state index in [0.717, 1.165) is 36.0 Å². The van der Waals surface area contributed by atoms with Gasteiger partial charge in [-0.3, -0.25) is 9.97 Å². The molecule has 2 heterocycles. The van der Waals surface area contributed by atoms with Crippen LogP contribution in [0.2, 0.25) is 0 Å². The van der Waals surface area contributed by atoms with Crippen LogP contribution in [0.5, 0.6) is 0 Å². The molecule has 100 valence electrons. The number of nitrogens with two attached hydrogens (primary N) is 1. The van der Waals surface area contributed by atoms with Gasteiger partial charge in [-0.05, 0) is 26.0 Å². The van der Waals surface area contributed by atoms with Gasteiger partial charge in [0.25, 0.3) is 0 Å². The lowest BCUT2D eigenvalue weighted by atomic mass is 10.3. The van der Waals surface area contributed by atoms with Gasteiger partial charge >= 0.3 is 0 Å². The molecule has 5 nitrogen and oxygen atoms in total. The summed E-state index contributed by atoms with van der Waals surface area (Å²) < 4.78 is 0. The molecule has 2 aromatic rings. The second-order valence-electron chi connectivity index (χ2n) is 4.36. The van der Waals surface area contributed by atoms with Crippen molar-refractivity contribution in [1.29, 1.82) is 0 Å². The van der Waals surface area contributed by atoms with Crippen LogP contribution in [0.3, 0.4) is 0 Å². The molecule has 0 aliphatic carbocycles. The van der Waals surface area contributed by atoms with Crippen molar-refractivity contribution < 1.29 is 0 Å². The molecule has 0 unspecified atom stereocenters. The first kappa shape index (κ1) is 13.4. The van der Waals surface area contributed by atoms with Crippen LogP contribution < -0.4 is 10.6 Å². The number of rotatable bonds is 5. The topological polar surface area (TPSA) is 67.9 Å². The molecule has 0 atom stereocenters. The minimum Gasteiger partial charge on any atom is -0.350 e. The Bertz CT molecular complexity index is 541. The fourth-order valence-electron chi connectivity index (χ4n) is 1.88. The molecule has 2 aromatic heterocycles. The monoisotopic (exact) mass is 257 g/mol. The summed E-state index contributed by atoms with van der Waals surface area (Å²) in [4.78, 5) is 15.3. The smallest absolute Gasteiger partial charge is 0.147 e. The van der Waals surface area contributed by atoms with E-state index < -0.39 is 0 Å². The van der Waals surface area contributed by atoms with Crippen LogP contribution in [-0.4, -0.2) is 21.5 Å². The largest absolute Gasteiger partial charge is 0.350 e. The standard InChI is InChI=1S/C14H19N5/c1-3-19(10-12-6-4-5-11(2)17-12)14-9-16-8-13(7-15)18-14/h4-6,8-9H,3,7,10,15H2,1-2H3. The van der Waals surface area contributed by atoms with Gasteiger partial charge in [-0.1, -0.05) is 6.07 Å². The molecule has 0 radical (unpaired) electrons. The molecular weight excluding hydrogens is 238 g/mol. The van der Waals surface area contributed by atoms with E-state index in [-0.39, 0.29) is 0 Å². The summed E-state index contributed by atoms with van der Waals surface area (Å²) >= 11 is 0. The van der Waals surface area contributed by atoms with Crippen LogP contribution in [0.25, 0.3) is 0 Å². The Balaban J connectivity index is 2.19. The molecule has 2 N–H and O–H groups in total. The van der Waals surface area contributed by atoms with Crippen molar-refractivity contribution >= 4 is 5.82 Å². The van der Waals surface area contributed by atoms with Gasteiger partial charge in [0.15, 0.2) is 0 Å². The average Bonchev–Trinajstić information content (AvgIpc) is 2.45. The van der Waals surface area contributed by atoms with Gasteiger partial charge in [0.1, 0.15) is 5.82 Å². The molecule has 5 heteroatoms. The van der Waals surface area contributed by atoms with Gasteiger partial charge in [-0.25, -0.2) is 4.98 Å². The first-order valence-corrected chi connectivity index (χ1v) is 6.41. The predicted octanol–water partition coefficient (Wildman–Crippen LogP) is 1.67. The van der Waals surface area contributed by atoms with Crippen molar-refractivity contribution in [3.05, 3.63) is 47.7 Å². The van der Waals surface area contributed by atoms with Gasteiger partial charge in [-0.15, -0.1) is 0 Å². The van der Waals surface area contributed by atoms with Crippen molar-refractivity contribution in [2.24, 2.45) is 5.73 Å². The molecule has 0 aliphatic rings. The molecule has 0 saturated carbocycles. The van der Waals surface area contributed by atoms with Gasteiger partial charge in [0.05, 0.1) is 24.1 Å². The highest BCUT2D eigenvalue weighted by Crippen LogP contribution is 2.13. The van der Waals surface area contributed by atoms with E-state index in [1.807, 2.05) is 25.1 Å². The summed E-state index contributed by atoms with van der Waals surface area (Å²) in [6.07, 6.45) is 3.46. The Hall–Kier alpha value is -2.01. The second-order valence-corrected chi connectivity index (χ2v) is 4.36. The lowest BCUT2D eigenvalue weighted by Crippen LogP contribution is -2.24. The van der Waals surface area contributed by atoms with E-state index in [9.17, 15) is 0 Å². The number of nitrogens with zero attached hydrogens (tertiary/aromatic N) is 4. The highest BCUT2D eigenvalue weighted by Gasteiger charge is 2.08. The molecule has 0 aromatic carbocycles. The summed E-state index contributed by atoms with van der Waals surface area (Å²) in [6, 6.07) is 6.04. The Morgan fingerprint density at radius 1 is 1.16 bits per heavy atom. The minimum absolute atomic E-state index is 0.404. The molecule has 0 amide bonds. The van der Waals surface area contributed by atoms with Crippen LogP contribution in [0.4, 0.5) is 5.82 Å². The highest BCUT2D eigenvalue weighted by molar-refractivity contribution is 5.37. The Morgan fingerprint density at radius 2 is 2.00 bits per heavy atom. The fourth-order valence-corrected chi connectivity index (χ4v) is 1.88. The number of aromatic nitrogens is 3. The SMILES string of the molecule is CCN(Cc1cccc(C)n1)c1cncc(CN)n1. The number of aryl methyl sites for hydroxylation is 1. The number of hydrogen-bond donors (Lipinski definition) is 1. The maximum Gasteiger partial charge on any atom is 0.147 e. The van der Waals surface area contributed by atoms with Crippen molar-refractivity contribution in [3.63, 3.8) is 0 Å². The van der Waals surface area contributed by atoms with Gasteiger partial charge in [0.2, 0.25) is 0 Å². The molecule has 2 rings (SSSR count). The van der Waals surface area contributed by atoms with Crippen molar-refractivity contribution in [2.75, 3.05) is 11.4 Å². The first-order valence-electron chi connectivity index (χ1n) is 6.41. The Morgan fingerprint density at radius 3 is 2.68 bits per heavy atom. The van der Waals surface area contributed by atoms with E-state index in [4.69, 9.17) is 5.73 Å². The third kappa shape index (κ3) is 3.48. The molecule has 0 saturated heterocycles. The molecule has 0 spiro atoms. The summed E-state index contributed by atoms with van der Waals surface area (Å²) in [5.74, 6) is 0.841. The van der Waals surface area contributed by atoms with Crippen LogP contribution in [0, 0.1) is 6.92 Å². The summed E-state index contributed by atoms with van der Waals surface area (Å²) in [5.41, 5.74) is 8.45. The van der Waals surface area contributed by atoms with Gasteiger partial charge < -0.3 is 10.6 Å². The normalized spacial score (nSPS) is 10.5. The maximum absolute atomic E-state index is 5.60. The number of anilines is 1. The first-order chi connectivity index (χ1) is 9.22. The zero-order chi connectivity index (χ0) is 13.7. The average molecular weight is 257 g/mol. The van der Waals surface area contributed by atoms with Crippen molar-refractivity contribution in [2.45, 2.75) is 26.9 Å². The Labute approximate surface area is 113 Å². The van der Waals surface area contributed by atoms with Gasteiger partial charge in [-0.2, -0.15) is 0 Å². The minimum atomic E-state index is 0.404. The molecule has 0 fully saturated rings. The summed E-state index contributed by atoms with van der Waals surface area (Å²) in [7, 11) is 0. The molecule has 0 aliphatic heterocycles. The van der Waals surface area contributed by atoms with Crippen LogP contribution in [0.15, 0.2) is 30.6 Å². The number of hydrogen-bond acceptors (Lipinski definition) is 5. The lowest BCUT2D eigenvalue weighted by Gasteiger charge is -2.21. The maximum atomic E-state index is 5.60. The van der Waals surface area contributed by atoms with Crippen molar-refractivity contribution in [3.8, 4) is 0 Å². The van der Waals surface area contributed by atoms with E-state index in [1.165, 1.54) is 0 Å². The van der Waals surface area contributed by atoms with Crippen molar-refractivity contribution in [1.82, 2.24) is 15.0 Å². The van der Waals surface area contributed by atoms with E-state index >= 15 is 0 Å². The fraction of sp³-hybridized carbons (Fsp3) is 0.357. The lowest BCUT2D eigenvalue weighted by molar-refractivity contribution is 0.778. The molecule has 19 heavy (non-hydrogen) atoms. The second kappa shape index (κ2) is 6.24. The Kier molecular flexibility index (Phi) is 4.41. The third-order valence-electron chi connectivity index (χ3n) is 2.89. The van der Waals surface area contributed by atoms with E-state index in [0.29, 0.717) is 6.54 Å². The highest BCUT2D eigenvalue weighted by atomic mass is 15.2. The quantitative estimate of drug-likeness (QED) is 0.882.